The summed E-state index contributed by atoms with van der Waals surface area (Å²) in [5, 5.41) is 5.17. The Morgan fingerprint density at radius 1 is 1.27 bits per heavy atom. The Balaban J connectivity index is 2.60. The minimum Gasteiger partial charge on any atom is -0.325 e. The summed E-state index contributed by atoms with van der Waals surface area (Å²) < 4.78 is 25.4. The molecular weight excluding hydrogens is 202 g/mol. The van der Waals surface area contributed by atoms with E-state index in [-0.39, 0.29) is 18.1 Å². The number of hydrogen-bond acceptors (Lipinski definition) is 2. The molecular formula is C10H12F2N2O. The third-order valence-corrected chi connectivity index (χ3v) is 1.68. The number of rotatable bonds is 4. The minimum atomic E-state index is -0.714. The van der Waals surface area contributed by atoms with E-state index in [1.54, 1.807) is 0 Å². The lowest BCUT2D eigenvalue weighted by Gasteiger charge is -2.05. The van der Waals surface area contributed by atoms with Gasteiger partial charge >= 0.3 is 0 Å². The SMILES string of the molecule is CCNCC(=O)Nc1cc(F)cc(F)c1. The molecule has 1 amide bonds. The maximum absolute atomic E-state index is 12.7. The molecule has 1 aromatic carbocycles. The van der Waals surface area contributed by atoms with Crippen molar-refractivity contribution < 1.29 is 13.6 Å². The molecule has 0 aliphatic carbocycles. The second kappa shape index (κ2) is 5.41. The Kier molecular flexibility index (Phi) is 4.17. The molecule has 0 radical (unpaired) electrons. The fourth-order valence-corrected chi connectivity index (χ4v) is 1.07. The zero-order valence-corrected chi connectivity index (χ0v) is 8.31. The summed E-state index contributed by atoms with van der Waals surface area (Å²) in [5.41, 5.74) is 0.121. The molecule has 0 spiro atoms. The second-order valence-electron chi connectivity index (χ2n) is 2.99. The van der Waals surface area contributed by atoms with Crippen molar-refractivity contribution in [2.45, 2.75) is 6.92 Å². The van der Waals surface area contributed by atoms with Gasteiger partial charge in [-0.25, -0.2) is 8.78 Å². The molecule has 0 unspecified atom stereocenters. The maximum atomic E-state index is 12.7. The van der Waals surface area contributed by atoms with Gasteiger partial charge in [0.25, 0.3) is 0 Å². The number of benzene rings is 1. The first-order valence-electron chi connectivity index (χ1n) is 4.58. The van der Waals surface area contributed by atoms with Gasteiger partial charge in [0.1, 0.15) is 11.6 Å². The number of amides is 1. The summed E-state index contributed by atoms with van der Waals surface area (Å²) in [6.45, 7) is 2.63. The van der Waals surface area contributed by atoms with E-state index in [9.17, 15) is 13.6 Å². The van der Waals surface area contributed by atoms with E-state index < -0.39 is 11.6 Å². The highest BCUT2D eigenvalue weighted by Gasteiger charge is 2.04. The van der Waals surface area contributed by atoms with Crippen molar-refractivity contribution in [3.8, 4) is 0 Å². The van der Waals surface area contributed by atoms with E-state index in [1.807, 2.05) is 6.92 Å². The van der Waals surface area contributed by atoms with Gasteiger partial charge in [0.2, 0.25) is 5.91 Å². The third kappa shape index (κ3) is 4.03. The predicted molar refractivity (Wildman–Crippen MR) is 53.5 cm³/mol. The smallest absolute Gasteiger partial charge is 0.238 e. The molecule has 0 saturated heterocycles. The number of halogens is 2. The van der Waals surface area contributed by atoms with Gasteiger partial charge in [-0.3, -0.25) is 4.79 Å². The van der Waals surface area contributed by atoms with Crippen molar-refractivity contribution in [1.82, 2.24) is 5.32 Å². The Labute approximate surface area is 86.5 Å². The number of hydrogen-bond donors (Lipinski definition) is 2. The molecule has 2 N–H and O–H groups in total. The van der Waals surface area contributed by atoms with Crippen molar-refractivity contribution in [3.05, 3.63) is 29.8 Å². The Morgan fingerprint density at radius 2 is 1.87 bits per heavy atom. The number of nitrogens with one attached hydrogen (secondary N) is 2. The van der Waals surface area contributed by atoms with Gasteiger partial charge in [0.05, 0.1) is 6.54 Å². The minimum absolute atomic E-state index is 0.120. The van der Waals surface area contributed by atoms with Crippen LogP contribution in [0.4, 0.5) is 14.5 Å². The van der Waals surface area contributed by atoms with Crippen LogP contribution in [-0.4, -0.2) is 19.0 Å². The van der Waals surface area contributed by atoms with Gasteiger partial charge in [-0.1, -0.05) is 6.92 Å². The normalized spacial score (nSPS) is 10.1. The van der Waals surface area contributed by atoms with Crippen molar-refractivity contribution in [2.24, 2.45) is 0 Å². The van der Waals surface area contributed by atoms with Gasteiger partial charge in [-0.15, -0.1) is 0 Å². The monoisotopic (exact) mass is 214 g/mol. The molecule has 1 rings (SSSR count). The van der Waals surface area contributed by atoms with Crippen LogP contribution in [0.3, 0.4) is 0 Å². The number of carbonyl (C=O) groups excluding carboxylic acids is 1. The van der Waals surface area contributed by atoms with Crippen LogP contribution in [-0.2, 0) is 4.79 Å². The fraction of sp³-hybridized carbons (Fsp3) is 0.300. The largest absolute Gasteiger partial charge is 0.325 e. The van der Waals surface area contributed by atoms with Crippen molar-refractivity contribution in [1.29, 1.82) is 0 Å². The van der Waals surface area contributed by atoms with Gasteiger partial charge in [-0.2, -0.15) is 0 Å². The number of likely N-dealkylation sites (N-methyl/N-ethyl adjacent to an activating group) is 1. The molecule has 0 atom stereocenters. The van der Waals surface area contributed by atoms with E-state index in [2.05, 4.69) is 10.6 Å². The molecule has 0 saturated carbocycles. The Morgan fingerprint density at radius 3 is 2.40 bits per heavy atom. The van der Waals surface area contributed by atoms with Crippen LogP contribution in [0.2, 0.25) is 0 Å². The summed E-state index contributed by atoms with van der Waals surface area (Å²) in [6.07, 6.45) is 0. The lowest BCUT2D eigenvalue weighted by Crippen LogP contribution is -2.27. The van der Waals surface area contributed by atoms with Crippen LogP contribution in [0, 0.1) is 11.6 Å². The summed E-state index contributed by atoms with van der Waals surface area (Å²) in [7, 11) is 0. The van der Waals surface area contributed by atoms with Gasteiger partial charge in [0.15, 0.2) is 0 Å². The Bertz CT molecular complexity index is 335. The van der Waals surface area contributed by atoms with Crippen LogP contribution >= 0.6 is 0 Å². The predicted octanol–water partition coefficient (Wildman–Crippen LogP) is 1.51. The highest BCUT2D eigenvalue weighted by molar-refractivity contribution is 5.92. The summed E-state index contributed by atoms with van der Waals surface area (Å²) in [5.74, 6) is -1.76. The van der Waals surface area contributed by atoms with E-state index in [4.69, 9.17) is 0 Å². The maximum Gasteiger partial charge on any atom is 0.238 e. The van der Waals surface area contributed by atoms with Crippen molar-refractivity contribution in [2.75, 3.05) is 18.4 Å². The summed E-state index contributed by atoms with van der Waals surface area (Å²) in [6, 6.07) is 2.87. The van der Waals surface area contributed by atoms with Crippen LogP contribution in [0.15, 0.2) is 18.2 Å². The average molecular weight is 214 g/mol. The lowest BCUT2D eigenvalue weighted by atomic mass is 10.3. The topological polar surface area (TPSA) is 41.1 Å². The lowest BCUT2D eigenvalue weighted by molar-refractivity contribution is -0.115. The molecule has 3 nitrogen and oxygen atoms in total. The molecule has 82 valence electrons. The van der Waals surface area contributed by atoms with Crippen LogP contribution < -0.4 is 10.6 Å². The first-order chi connectivity index (χ1) is 7.11. The average Bonchev–Trinajstić information content (AvgIpc) is 2.13. The molecule has 5 heteroatoms. The van der Waals surface area contributed by atoms with Crippen molar-refractivity contribution >= 4 is 11.6 Å². The first kappa shape index (κ1) is 11.6. The second-order valence-corrected chi connectivity index (χ2v) is 2.99. The van der Waals surface area contributed by atoms with Crippen LogP contribution in [0.1, 0.15) is 6.92 Å². The first-order valence-corrected chi connectivity index (χ1v) is 4.58. The summed E-state index contributed by atoms with van der Waals surface area (Å²) >= 11 is 0. The highest BCUT2D eigenvalue weighted by atomic mass is 19.1. The van der Waals surface area contributed by atoms with Gasteiger partial charge in [0, 0.05) is 11.8 Å². The Hall–Kier alpha value is -1.49. The molecule has 0 heterocycles. The van der Waals surface area contributed by atoms with E-state index >= 15 is 0 Å². The molecule has 1 aromatic rings. The van der Waals surface area contributed by atoms with Gasteiger partial charge < -0.3 is 10.6 Å². The molecule has 0 aliphatic heterocycles. The van der Waals surface area contributed by atoms with Gasteiger partial charge in [-0.05, 0) is 18.7 Å². The summed E-state index contributed by atoms with van der Waals surface area (Å²) in [4.78, 5) is 11.2. The molecule has 0 fully saturated rings. The zero-order chi connectivity index (χ0) is 11.3. The standard InChI is InChI=1S/C10H12F2N2O/c1-2-13-6-10(15)14-9-4-7(11)3-8(12)5-9/h3-5,13H,2,6H2,1H3,(H,14,15). The quantitative estimate of drug-likeness (QED) is 0.797. The van der Waals surface area contributed by atoms with Crippen molar-refractivity contribution in [3.63, 3.8) is 0 Å². The van der Waals surface area contributed by atoms with Crippen LogP contribution in [0.5, 0.6) is 0 Å². The zero-order valence-electron chi connectivity index (χ0n) is 8.31. The fourth-order valence-electron chi connectivity index (χ4n) is 1.07. The molecule has 0 bridgehead atoms. The molecule has 0 aliphatic rings. The van der Waals surface area contributed by atoms with Crippen LogP contribution in [0.25, 0.3) is 0 Å². The number of carbonyl (C=O) groups is 1. The molecule has 15 heavy (non-hydrogen) atoms. The molecule has 0 aromatic heterocycles. The highest BCUT2D eigenvalue weighted by Crippen LogP contribution is 2.12. The third-order valence-electron chi connectivity index (χ3n) is 1.68. The van der Waals surface area contributed by atoms with E-state index in [0.717, 1.165) is 18.2 Å². The number of anilines is 1. The van der Waals surface area contributed by atoms with E-state index in [0.29, 0.717) is 6.54 Å². The van der Waals surface area contributed by atoms with E-state index in [1.165, 1.54) is 0 Å².